The summed E-state index contributed by atoms with van der Waals surface area (Å²) in [7, 11) is 0. The molecule has 0 aromatic carbocycles. The van der Waals surface area contributed by atoms with Gasteiger partial charge in [-0.15, -0.1) is 10.2 Å². The summed E-state index contributed by atoms with van der Waals surface area (Å²) < 4.78 is 1.09. The predicted octanol–water partition coefficient (Wildman–Crippen LogP) is -0.696. The number of hydrogen-bond acceptors (Lipinski definition) is 7. The molecule has 2 heterocycles. The van der Waals surface area contributed by atoms with Crippen molar-refractivity contribution < 1.29 is 0 Å². The zero-order valence-electron chi connectivity index (χ0n) is 6.60. The molecule has 0 amide bonds. The van der Waals surface area contributed by atoms with Crippen molar-refractivity contribution in [3.8, 4) is 5.95 Å². The summed E-state index contributed by atoms with van der Waals surface area (Å²) in [5, 5.41) is 19.7. The van der Waals surface area contributed by atoms with Gasteiger partial charge in [-0.25, -0.2) is 0 Å². The molecule has 0 spiro atoms. The number of nitrogens with two attached hydrogens (primary N) is 1. The lowest BCUT2D eigenvalue weighted by molar-refractivity contribution is 0.821. The Morgan fingerprint density at radius 2 is 2.43 bits per heavy atom. The van der Waals surface area contributed by atoms with Crippen LogP contribution >= 0.6 is 0 Å². The number of hydrogen-bond donors (Lipinski definition) is 2. The standard InChI is InChI=1S/C3H3N11/c4-1-6-2(7-11-5)10-14(1)3-8-12-13-9-3/h(H2,4,6,10)(H,8,9,12,13). The van der Waals surface area contributed by atoms with Gasteiger partial charge in [0.15, 0.2) is 0 Å². The van der Waals surface area contributed by atoms with Gasteiger partial charge in [0, 0.05) is 4.91 Å². The van der Waals surface area contributed by atoms with Crippen molar-refractivity contribution in [1.82, 2.24) is 35.4 Å². The number of azide groups is 1. The topological polar surface area (TPSA) is 160 Å². The highest BCUT2D eigenvalue weighted by Gasteiger charge is 2.10. The van der Waals surface area contributed by atoms with Gasteiger partial charge >= 0.3 is 0 Å². The quantitative estimate of drug-likeness (QED) is 0.364. The molecule has 2 rings (SSSR count). The van der Waals surface area contributed by atoms with Gasteiger partial charge in [-0.1, -0.05) is 5.10 Å². The van der Waals surface area contributed by atoms with Crippen molar-refractivity contribution in [2.24, 2.45) is 5.11 Å². The van der Waals surface area contributed by atoms with Gasteiger partial charge in [-0.3, -0.25) is 0 Å². The first-order valence-electron chi connectivity index (χ1n) is 3.32. The van der Waals surface area contributed by atoms with Crippen LogP contribution in [0, 0.1) is 0 Å². The summed E-state index contributed by atoms with van der Waals surface area (Å²) in [5.41, 5.74) is 13.6. The van der Waals surface area contributed by atoms with E-state index < -0.39 is 0 Å². The first kappa shape index (κ1) is 7.94. The number of nitrogen functional groups attached to an aromatic ring is 1. The van der Waals surface area contributed by atoms with E-state index in [1.54, 1.807) is 0 Å². The fourth-order valence-electron chi connectivity index (χ4n) is 0.789. The van der Waals surface area contributed by atoms with Crippen LogP contribution < -0.4 is 5.73 Å². The zero-order chi connectivity index (χ0) is 9.97. The normalized spacial score (nSPS) is 9.71. The Bertz CT molecular complexity index is 471. The summed E-state index contributed by atoms with van der Waals surface area (Å²) in [4.78, 5) is 6.15. The second-order valence-electron chi connectivity index (χ2n) is 2.08. The van der Waals surface area contributed by atoms with Gasteiger partial charge in [0.2, 0.25) is 11.9 Å². The highest BCUT2D eigenvalue weighted by atomic mass is 15.6. The molecule has 2 aromatic rings. The Kier molecular flexibility index (Phi) is 1.70. The van der Waals surface area contributed by atoms with E-state index in [2.05, 4.69) is 40.7 Å². The Morgan fingerprint density at radius 3 is 3.07 bits per heavy atom. The lowest BCUT2D eigenvalue weighted by atomic mass is 10.9. The van der Waals surface area contributed by atoms with Crippen LogP contribution in [-0.2, 0) is 0 Å². The molecule has 0 aliphatic heterocycles. The Morgan fingerprint density at radius 1 is 1.57 bits per heavy atom. The first-order chi connectivity index (χ1) is 6.81. The van der Waals surface area contributed by atoms with Crippen LogP contribution in [0.25, 0.3) is 16.4 Å². The fourth-order valence-corrected chi connectivity index (χ4v) is 0.789. The van der Waals surface area contributed by atoms with Gasteiger partial charge in [-0.05, 0) is 15.9 Å². The number of rotatable bonds is 2. The highest BCUT2D eigenvalue weighted by molar-refractivity contribution is 5.31. The Labute approximate surface area is 75.6 Å². The summed E-state index contributed by atoms with van der Waals surface area (Å²) in [6.07, 6.45) is 0. The summed E-state index contributed by atoms with van der Waals surface area (Å²) in [6, 6.07) is 0. The minimum Gasteiger partial charge on any atom is -0.368 e. The van der Waals surface area contributed by atoms with Crippen LogP contribution in [0.1, 0.15) is 0 Å². The molecule has 0 atom stereocenters. The molecular formula is C3H3N11. The van der Waals surface area contributed by atoms with Crippen molar-refractivity contribution >= 4 is 11.9 Å². The number of nitrogens with zero attached hydrogens (tertiary/aromatic N) is 9. The van der Waals surface area contributed by atoms with E-state index in [0.29, 0.717) is 0 Å². The minimum absolute atomic E-state index is 0.00815. The molecule has 0 aliphatic rings. The molecule has 0 saturated heterocycles. The monoisotopic (exact) mass is 193 g/mol. The highest BCUT2D eigenvalue weighted by Crippen LogP contribution is 2.10. The number of H-pyrrole nitrogens is 1. The molecule has 0 saturated carbocycles. The average molecular weight is 193 g/mol. The Balaban J connectivity index is 2.49. The van der Waals surface area contributed by atoms with E-state index in [0.717, 1.165) is 4.68 Å². The number of aromatic nitrogens is 7. The van der Waals surface area contributed by atoms with Gasteiger partial charge in [0.1, 0.15) is 0 Å². The van der Waals surface area contributed by atoms with Crippen LogP contribution in [0.2, 0.25) is 0 Å². The number of aromatic amines is 1. The van der Waals surface area contributed by atoms with Crippen molar-refractivity contribution in [1.29, 1.82) is 0 Å². The summed E-state index contributed by atoms with van der Waals surface area (Å²) in [5.74, 6) is 0.0259. The molecule has 3 N–H and O–H groups in total. The summed E-state index contributed by atoms with van der Waals surface area (Å²) in [6.45, 7) is 0. The second kappa shape index (κ2) is 2.99. The molecule has 0 radical (unpaired) electrons. The molecule has 0 unspecified atom stereocenters. The van der Waals surface area contributed by atoms with Gasteiger partial charge in [0.25, 0.3) is 5.95 Å². The van der Waals surface area contributed by atoms with Gasteiger partial charge in [0.05, 0.1) is 0 Å². The third-order valence-corrected chi connectivity index (χ3v) is 1.28. The Hall–Kier alpha value is -2.68. The van der Waals surface area contributed by atoms with E-state index in [4.69, 9.17) is 11.3 Å². The van der Waals surface area contributed by atoms with E-state index in [1.807, 2.05) is 0 Å². The lowest BCUT2D eigenvalue weighted by Gasteiger charge is -1.91. The maximum absolute atomic E-state index is 8.13. The van der Waals surface area contributed by atoms with E-state index in [9.17, 15) is 0 Å². The van der Waals surface area contributed by atoms with E-state index >= 15 is 0 Å². The lowest BCUT2D eigenvalue weighted by Crippen LogP contribution is -2.04. The number of tetrazole rings is 1. The van der Waals surface area contributed by atoms with Gasteiger partial charge in [-0.2, -0.15) is 14.9 Å². The molecule has 2 aromatic heterocycles. The molecule has 14 heavy (non-hydrogen) atoms. The first-order valence-corrected chi connectivity index (χ1v) is 3.32. The fraction of sp³-hybridized carbons (Fsp3) is 0. The summed E-state index contributed by atoms with van der Waals surface area (Å²) >= 11 is 0. The molecule has 0 bridgehead atoms. The maximum atomic E-state index is 8.13. The van der Waals surface area contributed by atoms with Gasteiger partial charge < -0.3 is 5.73 Å². The molecule has 11 heteroatoms. The van der Waals surface area contributed by atoms with Crippen LogP contribution in [0.4, 0.5) is 11.9 Å². The van der Waals surface area contributed by atoms with Crippen LogP contribution in [0.3, 0.4) is 0 Å². The number of nitrogens with one attached hydrogen (secondary N) is 1. The van der Waals surface area contributed by atoms with E-state index in [1.165, 1.54) is 0 Å². The van der Waals surface area contributed by atoms with Crippen molar-refractivity contribution in [3.63, 3.8) is 0 Å². The molecule has 0 fully saturated rings. The maximum Gasteiger partial charge on any atom is 0.293 e. The van der Waals surface area contributed by atoms with E-state index in [-0.39, 0.29) is 17.8 Å². The minimum atomic E-state index is -0.102. The second-order valence-corrected chi connectivity index (χ2v) is 2.08. The smallest absolute Gasteiger partial charge is 0.293 e. The van der Waals surface area contributed by atoms with Crippen LogP contribution in [-0.4, -0.2) is 35.4 Å². The molecule has 11 nitrogen and oxygen atoms in total. The molecule has 0 aliphatic carbocycles. The number of anilines is 1. The molecular weight excluding hydrogens is 190 g/mol. The third-order valence-electron chi connectivity index (χ3n) is 1.28. The van der Waals surface area contributed by atoms with Crippen molar-refractivity contribution in [2.75, 3.05) is 5.73 Å². The SMILES string of the molecule is [N-]=[N+]=Nc1nc(N)n(-c2nn[nH]n2)n1. The van der Waals surface area contributed by atoms with Crippen LogP contribution in [0.5, 0.6) is 0 Å². The van der Waals surface area contributed by atoms with Crippen LogP contribution in [0.15, 0.2) is 5.11 Å². The van der Waals surface area contributed by atoms with Crippen molar-refractivity contribution in [3.05, 3.63) is 10.4 Å². The largest absolute Gasteiger partial charge is 0.368 e. The predicted molar refractivity (Wildman–Crippen MR) is 42.3 cm³/mol. The third kappa shape index (κ3) is 1.19. The average Bonchev–Trinajstić information content (AvgIpc) is 2.74. The van der Waals surface area contributed by atoms with Crippen molar-refractivity contribution in [2.45, 2.75) is 0 Å². The zero-order valence-corrected chi connectivity index (χ0v) is 6.60. The molecule has 70 valence electrons.